The van der Waals surface area contributed by atoms with Gasteiger partial charge in [-0.25, -0.2) is 0 Å². The number of nitrogens with zero attached hydrogens (tertiary/aromatic N) is 1. The van der Waals surface area contributed by atoms with E-state index < -0.39 is 18.1 Å². The normalized spacial score (nSPS) is 45.9. The van der Waals surface area contributed by atoms with Gasteiger partial charge in [-0.15, -0.1) is 0 Å². The van der Waals surface area contributed by atoms with E-state index in [1.54, 1.807) is 0 Å². The molecule has 28 heavy (non-hydrogen) atoms. The predicted molar refractivity (Wildman–Crippen MR) is 98.2 cm³/mol. The minimum absolute atomic E-state index is 0.0974. The quantitative estimate of drug-likeness (QED) is 0.726. The van der Waals surface area contributed by atoms with Crippen LogP contribution in [-0.2, 0) is 9.59 Å². The number of hydrogen-bond acceptors (Lipinski definition) is 2. The molecule has 2 amide bonds. The van der Waals surface area contributed by atoms with Gasteiger partial charge >= 0.3 is 12.1 Å². The molecular formula is C21H31F3N2O2. The molecule has 0 bridgehead atoms. The van der Waals surface area contributed by atoms with E-state index in [0.717, 1.165) is 38.5 Å². The molecular weight excluding hydrogens is 369 g/mol. The molecule has 3 saturated carbocycles. The third-order valence-corrected chi connectivity index (χ3v) is 9.12. The Kier molecular flexibility index (Phi) is 4.55. The largest absolute Gasteiger partial charge is 0.471 e. The molecule has 4 nitrogen and oxygen atoms in total. The lowest BCUT2D eigenvalue weighted by atomic mass is 9.47. The van der Waals surface area contributed by atoms with Crippen LogP contribution >= 0.6 is 0 Å². The van der Waals surface area contributed by atoms with Gasteiger partial charge in [-0.2, -0.15) is 13.2 Å². The van der Waals surface area contributed by atoms with Gasteiger partial charge in [0.25, 0.3) is 0 Å². The number of alkyl halides is 3. The van der Waals surface area contributed by atoms with Crippen molar-refractivity contribution < 1.29 is 22.8 Å². The van der Waals surface area contributed by atoms with Crippen LogP contribution in [0.2, 0.25) is 0 Å². The van der Waals surface area contributed by atoms with E-state index >= 15 is 0 Å². The molecule has 0 radical (unpaired) electrons. The second-order valence-electron chi connectivity index (χ2n) is 10.1. The first kappa shape index (κ1) is 20.0. The zero-order valence-corrected chi connectivity index (χ0v) is 16.9. The van der Waals surface area contributed by atoms with Gasteiger partial charge in [-0.3, -0.25) is 9.59 Å². The molecule has 4 rings (SSSR count). The van der Waals surface area contributed by atoms with Crippen LogP contribution in [0.3, 0.4) is 0 Å². The number of nitrogens with one attached hydrogen (secondary N) is 1. The van der Waals surface area contributed by atoms with Gasteiger partial charge in [0.1, 0.15) is 0 Å². The average Bonchev–Trinajstić information content (AvgIpc) is 2.94. The Bertz CT molecular complexity index is 681. The zero-order chi connectivity index (χ0) is 20.5. The van der Waals surface area contributed by atoms with E-state index in [1.165, 1.54) is 0 Å². The van der Waals surface area contributed by atoms with E-state index in [1.807, 2.05) is 11.9 Å². The Morgan fingerprint density at radius 1 is 1.04 bits per heavy atom. The molecule has 1 saturated heterocycles. The van der Waals surface area contributed by atoms with Gasteiger partial charge in [0.05, 0.1) is 0 Å². The number of likely N-dealkylation sites (tertiary alicyclic amines) is 1. The van der Waals surface area contributed by atoms with E-state index in [2.05, 4.69) is 19.2 Å². The molecule has 7 atom stereocenters. The standard InChI is InChI=1S/C21H31F3N2O2/c1-19-10-8-14-12(4-7-16-20(14,2)11-9-17(27)26(16)3)13(19)5-6-15(19)25-18(28)21(22,23)24/h12-16H,4-11H2,1-3H3,(H,25,28)/t12-,13-,14-,15?,16+,19-,20+/m0/s1. The van der Waals surface area contributed by atoms with Crippen LogP contribution < -0.4 is 5.32 Å². The van der Waals surface area contributed by atoms with Crippen molar-refractivity contribution >= 4 is 11.8 Å². The van der Waals surface area contributed by atoms with Gasteiger partial charge in [0, 0.05) is 25.6 Å². The van der Waals surface area contributed by atoms with Crippen LogP contribution in [0.4, 0.5) is 13.2 Å². The van der Waals surface area contributed by atoms with Crippen LogP contribution in [0.5, 0.6) is 0 Å². The van der Waals surface area contributed by atoms with E-state index in [9.17, 15) is 22.8 Å². The average molecular weight is 400 g/mol. The van der Waals surface area contributed by atoms with Crippen LogP contribution in [0.25, 0.3) is 0 Å². The first-order valence-electron chi connectivity index (χ1n) is 10.6. The van der Waals surface area contributed by atoms with Crippen LogP contribution in [0, 0.1) is 28.6 Å². The fourth-order valence-corrected chi connectivity index (χ4v) is 7.63. The summed E-state index contributed by atoms with van der Waals surface area (Å²) in [4.78, 5) is 25.7. The summed E-state index contributed by atoms with van der Waals surface area (Å²) in [6.07, 6.45) is 2.04. The molecule has 7 heteroatoms. The summed E-state index contributed by atoms with van der Waals surface area (Å²) in [5.41, 5.74) is -0.165. The number of fused-ring (bicyclic) bond motifs is 5. The summed E-state index contributed by atoms with van der Waals surface area (Å²) < 4.78 is 38.3. The number of halogens is 3. The predicted octanol–water partition coefficient (Wildman–Crippen LogP) is 3.90. The van der Waals surface area contributed by atoms with Crippen molar-refractivity contribution in [1.82, 2.24) is 10.2 Å². The Balaban J connectivity index is 1.55. The summed E-state index contributed by atoms with van der Waals surface area (Å²) >= 11 is 0. The van der Waals surface area contributed by atoms with Crippen LogP contribution in [0.15, 0.2) is 0 Å². The molecule has 0 spiro atoms. The second kappa shape index (κ2) is 6.36. The number of amides is 2. The van der Waals surface area contributed by atoms with Crippen molar-refractivity contribution in [2.75, 3.05) is 7.05 Å². The third kappa shape index (κ3) is 2.78. The smallest absolute Gasteiger partial charge is 0.345 e. The van der Waals surface area contributed by atoms with Gasteiger partial charge in [0.2, 0.25) is 5.91 Å². The highest BCUT2D eigenvalue weighted by atomic mass is 19.4. The number of rotatable bonds is 1. The fourth-order valence-electron chi connectivity index (χ4n) is 7.63. The first-order valence-corrected chi connectivity index (χ1v) is 10.6. The Morgan fingerprint density at radius 2 is 1.71 bits per heavy atom. The summed E-state index contributed by atoms with van der Waals surface area (Å²) in [5.74, 6) is -0.223. The summed E-state index contributed by atoms with van der Waals surface area (Å²) in [6.45, 7) is 4.42. The molecule has 0 aromatic rings. The number of carbonyl (C=O) groups excluding carboxylic acids is 2. The molecule has 0 aromatic heterocycles. The fraction of sp³-hybridized carbons (Fsp3) is 0.905. The number of hydrogen-bond donors (Lipinski definition) is 1. The lowest BCUT2D eigenvalue weighted by Gasteiger charge is -2.61. The SMILES string of the molecule is CN1C(=O)CC[C@]2(C)[C@H]3CC[C@]4(C)C(NC(=O)C(F)(F)F)CC[C@H]4[C@@H]3CC[C@@H]12. The number of carbonyl (C=O) groups is 2. The lowest BCUT2D eigenvalue weighted by molar-refractivity contribution is -0.176. The zero-order valence-electron chi connectivity index (χ0n) is 16.9. The maximum atomic E-state index is 12.8. The Labute approximate surface area is 164 Å². The van der Waals surface area contributed by atoms with Gasteiger partial charge < -0.3 is 10.2 Å². The minimum atomic E-state index is -4.82. The Hall–Kier alpha value is -1.27. The molecule has 0 aromatic carbocycles. The highest BCUT2D eigenvalue weighted by Crippen LogP contribution is 2.64. The highest BCUT2D eigenvalue weighted by molar-refractivity contribution is 5.82. The van der Waals surface area contributed by atoms with Crippen molar-refractivity contribution in [3.8, 4) is 0 Å². The molecule has 1 heterocycles. The van der Waals surface area contributed by atoms with Gasteiger partial charge in [0.15, 0.2) is 0 Å². The summed E-state index contributed by atoms with van der Waals surface area (Å²) in [7, 11) is 1.93. The molecule has 3 aliphatic carbocycles. The Morgan fingerprint density at radius 3 is 2.39 bits per heavy atom. The molecule has 158 valence electrons. The monoisotopic (exact) mass is 400 g/mol. The lowest BCUT2D eigenvalue weighted by Crippen LogP contribution is -2.62. The van der Waals surface area contributed by atoms with E-state index in [-0.39, 0.29) is 22.8 Å². The third-order valence-electron chi connectivity index (χ3n) is 9.12. The van der Waals surface area contributed by atoms with Crippen molar-refractivity contribution in [3.05, 3.63) is 0 Å². The number of piperidine rings is 1. The van der Waals surface area contributed by atoms with Gasteiger partial charge in [-0.1, -0.05) is 13.8 Å². The summed E-state index contributed by atoms with van der Waals surface area (Å²) in [5, 5.41) is 2.32. The molecule has 4 aliphatic rings. The van der Waals surface area contributed by atoms with E-state index in [0.29, 0.717) is 30.6 Å². The first-order chi connectivity index (χ1) is 13.0. The molecule has 1 N–H and O–H groups in total. The highest BCUT2D eigenvalue weighted by Gasteiger charge is 2.61. The molecule has 4 fully saturated rings. The maximum Gasteiger partial charge on any atom is 0.471 e. The van der Waals surface area contributed by atoms with E-state index in [4.69, 9.17) is 0 Å². The second-order valence-corrected chi connectivity index (χ2v) is 10.1. The van der Waals surface area contributed by atoms with Crippen molar-refractivity contribution in [3.63, 3.8) is 0 Å². The molecule has 1 aliphatic heterocycles. The summed E-state index contributed by atoms with van der Waals surface area (Å²) in [6, 6.07) is -0.116. The topological polar surface area (TPSA) is 49.4 Å². The van der Waals surface area contributed by atoms with Crippen molar-refractivity contribution in [1.29, 1.82) is 0 Å². The van der Waals surface area contributed by atoms with Gasteiger partial charge in [-0.05, 0) is 73.5 Å². The van der Waals surface area contributed by atoms with Crippen LogP contribution in [-0.4, -0.2) is 42.0 Å². The van der Waals surface area contributed by atoms with Crippen molar-refractivity contribution in [2.45, 2.75) is 83.5 Å². The minimum Gasteiger partial charge on any atom is -0.345 e. The molecule has 1 unspecified atom stereocenters. The van der Waals surface area contributed by atoms with Crippen LogP contribution in [0.1, 0.15) is 65.2 Å². The maximum absolute atomic E-state index is 12.8. The van der Waals surface area contributed by atoms with Crippen molar-refractivity contribution in [2.24, 2.45) is 28.6 Å².